The number of fused-ring (bicyclic) bond motifs is 2. The Morgan fingerprint density at radius 1 is 0.882 bits per heavy atom. The molecule has 4 aromatic rings. The Balaban J connectivity index is 1.36. The number of hydrazine groups is 1. The van der Waals surface area contributed by atoms with Crippen molar-refractivity contribution in [2.75, 3.05) is 5.43 Å². The van der Waals surface area contributed by atoms with E-state index in [1.807, 2.05) is 73.7 Å². The third-order valence-corrected chi connectivity index (χ3v) is 5.95. The number of carbonyl (C=O) groups is 2. The molecule has 0 saturated heterocycles. The van der Waals surface area contributed by atoms with Gasteiger partial charge in [0.05, 0.1) is 11.4 Å². The van der Waals surface area contributed by atoms with E-state index in [-0.39, 0.29) is 17.6 Å². The molecule has 0 bridgehead atoms. The van der Waals surface area contributed by atoms with Crippen LogP contribution in [0.5, 0.6) is 0 Å². The van der Waals surface area contributed by atoms with E-state index in [2.05, 4.69) is 21.4 Å². The standard InChI is InChI=1S/C27H24N4O3/c1-17-24-22(29-30-26(32)21-14-7-10-18-9-5-6-13-20(18)21)15-8-16-23(24)34-25(17)27(33)31-28-19-11-3-2-4-12-19/h2-7,9-14,28H,8,15-16H2,1H3,(H,30,32)(H,31,33)/b29-22+. The van der Waals surface area contributed by atoms with Crippen molar-refractivity contribution >= 4 is 34.0 Å². The van der Waals surface area contributed by atoms with Crippen molar-refractivity contribution in [3.05, 3.63) is 101 Å². The van der Waals surface area contributed by atoms with Crippen LogP contribution in [-0.4, -0.2) is 17.5 Å². The minimum Gasteiger partial charge on any atom is -0.455 e. The molecule has 1 aromatic heterocycles. The smallest absolute Gasteiger partial charge is 0.305 e. The highest BCUT2D eigenvalue weighted by atomic mass is 16.4. The Morgan fingerprint density at radius 2 is 1.65 bits per heavy atom. The van der Waals surface area contributed by atoms with E-state index < -0.39 is 0 Å². The molecule has 1 aliphatic rings. The first-order valence-corrected chi connectivity index (χ1v) is 11.2. The molecule has 7 nitrogen and oxygen atoms in total. The third kappa shape index (κ3) is 4.15. The van der Waals surface area contributed by atoms with Crippen LogP contribution in [0.2, 0.25) is 0 Å². The van der Waals surface area contributed by atoms with E-state index in [0.717, 1.165) is 28.4 Å². The number of carbonyl (C=O) groups excluding carboxylic acids is 2. The zero-order valence-corrected chi connectivity index (χ0v) is 18.7. The molecule has 2 amide bonds. The van der Waals surface area contributed by atoms with Gasteiger partial charge in [0.15, 0.2) is 5.76 Å². The number of furan rings is 1. The van der Waals surface area contributed by atoms with Crippen LogP contribution >= 0.6 is 0 Å². The average molecular weight is 453 g/mol. The van der Waals surface area contributed by atoms with Crippen molar-refractivity contribution in [3.63, 3.8) is 0 Å². The van der Waals surface area contributed by atoms with E-state index in [0.29, 0.717) is 35.4 Å². The maximum Gasteiger partial charge on any atom is 0.305 e. The van der Waals surface area contributed by atoms with Gasteiger partial charge in [-0.3, -0.25) is 20.4 Å². The summed E-state index contributed by atoms with van der Waals surface area (Å²) in [6.45, 7) is 1.84. The predicted octanol–water partition coefficient (Wildman–Crippen LogP) is 4.97. The van der Waals surface area contributed by atoms with Gasteiger partial charge in [-0.2, -0.15) is 5.10 Å². The van der Waals surface area contributed by atoms with Crippen molar-refractivity contribution in [3.8, 4) is 0 Å². The summed E-state index contributed by atoms with van der Waals surface area (Å²) in [4.78, 5) is 25.7. The van der Waals surface area contributed by atoms with Crippen LogP contribution in [0.25, 0.3) is 10.8 Å². The third-order valence-electron chi connectivity index (χ3n) is 5.95. The Bertz CT molecular complexity index is 1400. The number of para-hydroxylation sites is 1. The van der Waals surface area contributed by atoms with Gasteiger partial charge in [0.1, 0.15) is 5.76 Å². The van der Waals surface area contributed by atoms with Crippen molar-refractivity contribution in [2.45, 2.75) is 26.2 Å². The molecular formula is C27H24N4O3. The summed E-state index contributed by atoms with van der Waals surface area (Å²) in [6.07, 6.45) is 2.23. The molecular weight excluding hydrogens is 428 g/mol. The summed E-state index contributed by atoms with van der Waals surface area (Å²) in [7, 11) is 0. The van der Waals surface area contributed by atoms with Crippen LogP contribution in [0.1, 0.15) is 50.6 Å². The molecule has 0 spiro atoms. The number of hydrogen-bond donors (Lipinski definition) is 3. The number of nitrogens with zero attached hydrogens (tertiary/aromatic N) is 1. The lowest BCUT2D eigenvalue weighted by Gasteiger charge is -2.13. The van der Waals surface area contributed by atoms with Crippen molar-refractivity contribution < 1.29 is 14.0 Å². The van der Waals surface area contributed by atoms with Gasteiger partial charge >= 0.3 is 5.91 Å². The van der Waals surface area contributed by atoms with Gasteiger partial charge in [0.25, 0.3) is 5.91 Å². The van der Waals surface area contributed by atoms with Crippen molar-refractivity contribution in [1.29, 1.82) is 0 Å². The van der Waals surface area contributed by atoms with Gasteiger partial charge in [-0.25, -0.2) is 5.43 Å². The number of hydrogen-bond acceptors (Lipinski definition) is 5. The van der Waals surface area contributed by atoms with Crippen LogP contribution in [0.3, 0.4) is 0 Å². The number of nitrogens with one attached hydrogen (secondary N) is 3. The van der Waals surface area contributed by atoms with Gasteiger partial charge in [0, 0.05) is 23.1 Å². The Morgan fingerprint density at radius 3 is 2.50 bits per heavy atom. The van der Waals surface area contributed by atoms with Crippen LogP contribution in [0.4, 0.5) is 5.69 Å². The van der Waals surface area contributed by atoms with E-state index in [4.69, 9.17) is 4.42 Å². The van der Waals surface area contributed by atoms with Crippen LogP contribution in [-0.2, 0) is 6.42 Å². The van der Waals surface area contributed by atoms with Crippen LogP contribution in [0.15, 0.2) is 82.3 Å². The number of anilines is 1. The normalized spacial score (nSPS) is 14.0. The first-order chi connectivity index (χ1) is 16.6. The lowest BCUT2D eigenvalue weighted by Crippen LogP contribution is -2.29. The van der Waals surface area contributed by atoms with E-state index in [1.165, 1.54) is 0 Å². The second-order valence-corrected chi connectivity index (χ2v) is 8.18. The van der Waals surface area contributed by atoms with E-state index in [9.17, 15) is 9.59 Å². The molecule has 5 rings (SSSR count). The SMILES string of the molecule is Cc1c(C(=O)NNc2ccccc2)oc2c1/C(=N/NC(=O)c1cccc3ccccc13)CCC2. The molecule has 3 aromatic carbocycles. The minimum absolute atomic E-state index is 0.239. The molecule has 7 heteroatoms. The molecule has 0 saturated carbocycles. The summed E-state index contributed by atoms with van der Waals surface area (Å²) in [5, 5.41) is 6.31. The number of aryl methyl sites for hydroxylation is 1. The fourth-order valence-electron chi connectivity index (χ4n) is 4.31. The quantitative estimate of drug-likeness (QED) is 0.373. The lowest BCUT2D eigenvalue weighted by molar-refractivity contribution is 0.0930. The first-order valence-electron chi connectivity index (χ1n) is 11.2. The summed E-state index contributed by atoms with van der Waals surface area (Å²) in [5.74, 6) is 0.313. The van der Waals surface area contributed by atoms with Crippen LogP contribution < -0.4 is 16.3 Å². The lowest BCUT2D eigenvalue weighted by atomic mass is 9.93. The second kappa shape index (κ2) is 9.23. The maximum atomic E-state index is 12.9. The van der Waals surface area contributed by atoms with E-state index >= 15 is 0 Å². The fourth-order valence-corrected chi connectivity index (χ4v) is 4.31. The predicted molar refractivity (Wildman–Crippen MR) is 132 cm³/mol. The van der Waals surface area contributed by atoms with Crippen molar-refractivity contribution in [1.82, 2.24) is 10.9 Å². The zero-order valence-electron chi connectivity index (χ0n) is 18.7. The molecule has 170 valence electrons. The van der Waals surface area contributed by atoms with Crippen molar-refractivity contribution in [2.24, 2.45) is 5.10 Å². The number of rotatable bonds is 5. The number of benzene rings is 3. The monoisotopic (exact) mass is 452 g/mol. The maximum absolute atomic E-state index is 12.9. The number of amides is 2. The van der Waals surface area contributed by atoms with Gasteiger partial charge < -0.3 is 4.42 Å². The second-order valence-electron chi connectivity index (χ2n) is 8.18. The van der Waals surface area contributed by atoms with Gasteiger partial charge in [0.2, 0.25) is 0 Å². The Labute approximate surface area is 196 Å². The first kappa shape index (κ1) is 21.5. The molecule has 3 N–H and O–H groups in total. The minimum atomic E-state index is -0.366. The highest BCUT2D eigenvalue weighted by molar-refractivity contribution is 6.09. The molecule has 0 unspecified atom stereocenters. The highest BCUT2D eigenvalue weighted by Crippen LogP contribution is 2.30. The van der Waals surface area contributed by atoms with Crippen LogP contribution in [0, 0.1) is 6.92 Å². The summed E-state index contributed by atoms with van der Waals surface area (Å²) in [6, 6.07) is 22.7. The van der Waals surface area contributed by atoms with Gasteiger partial charge in [-0.05, 0) is 48.7 Å². The molecule has 34 heavy (non-hydrogen) atoms. The molecule has 0 radical (unpaired) electrons. The average Bonchev–Trinajstić information content (AvgIpc) is 3.23. The molecule has 1 aliphatic carbocycles. The Kier molecular flexibility index (Phi) is 5.82. The van der Waals surface area contributed by atoms with E-state index in [1.54, 1.807) is 6.07 Å². The fraction of sp³-hybridized carbons (Fsp3) is 0.148. The largest absolute Gasteiger partial charge is 0.455 e. The van der Waals surface area contributed by atoms with Gasteiger partial charge in [-0.15, -0.1) is 0 Å². The molecule has 0 fully saturated rings. The molecule has 1 heterocycles. The summed E-state index contributed by atoms with van der Waals surface area (Å²) in [5.41, 5.74) is 11.8. The molecule has 0 aliphatic heterocycles. The zero-order chi connectivity index (χ0) is 23.5. The number of hydrazone groups is 1. The summed E-state index contributed by atoms with van der Waals surface area (Å²) < 4.78 is 5.92. The topological polar surface area (TPSA) is 95.7 Å². The highest BCUT2D eigenvalue weighted by Gasteiger charge is 2.28. The van der Waals surface area contributed by atoms with Gasteiger partial charge in [-0.1, -0.05) is 54.6 Å². The Hall–Kier alpha value is -4.39. The molecule has 0 atom stereocenters. The summed E-state index contributed by atoms with van der Waals surface area (Å²) >= 11 is 0.